The van der Waals surface area contributed by atoms with Gasteiger partial charge < -0.3 is 52.7 Å². The van der Waals surface area contributed by atoms with Gasteiger partial charge in [0.05, 0.1) is 0 Å². The molecule has 2 aliphatic rings. The predicted molar refractivity (Wildman–Crippen MR) is 147 cm³/mol. The summed E-state index contributed by atoms with van der Waals surface area (Å²) in [6.45, 7) is 7.30. The molecule has 0 spiro atoms. The van der Waals surface area contributed by atoms with Crippen LogP contribution in [-0.2, 0) is 85.7 Å². The minimum absolute atomic E-state index is 0.577. The van der Waals surface area contributed by atoms with Crippen LogP contribution in [0, 0.1) is 0 Å². The van der Waals surface area contributed by atoms with Gasteiger partial charge in [-0.3, -0.25) is 38.4 Å². The Morgan fingerprint density at radius 2 is 0.872 bits per heavy atom. The van der Waals surface area contributed by atoms with Crippen LogP contribution < -0.4 is 5.32 Å². The van der Waals surface area contributed by atoms with E-state index in [0.717, 1.165) is 55.4 Å². The van der Waals surface area contributed by atoms with Crippen molar-refractivity contribution in [3.05, 3.63) is 0 Å². The second-order valence-electron chi connectivity index (χ2n) is 10.4. The highest BCUT2D eigenvalue weighted by Crippen LogP contribution is 2.34. The van der Waals surface area contributed by atoms with Crippen molar-refractivity contribution in [2.24, 2.45) is 0 Å². The molecule has 10 atom stereocenters. The molecular weight excluding hydrogens is 638 g/mol. The average Bonchev–Trinajstić information content (AvgIpc) is 2.91. The minimum atomic E-state index is -1.80. The molecule has 2 aliphatic heterocycles. The van der Waals surface area contributed by atoms with Gasteiger partial charge in [-0.2, -0.15) is 0 Å². The van der Waals surface area contributed by atoms with E-state index in [9.17, 15) is 38.4 Å². The molecule has 0 aromatic carbocycles. The smallest absolute Gasteiger partial charge is 0.305 e. The lowest BCUT2D eigenvalue weighted by atomic mass is 9.94. The van der Waals surface area contributed by atoms with Crippen molar-refractivity contribution in [3.8, 4) is 0 Å². The van der Waals surface area contributed by atoms with Gasteiger partial charge in [0.2, 0.25) is 12.2 Å². The van der Waals surface area contributed by atoms with Crippen LogP contribution in [0.3, 0.4) is 0 Å². The average molecular weight is 678 g/mol. The lowest BCUT2D eigenvalue weighted by Gasteiger charge is -2.48. The Morgan fingerprint density at radius 1 is 0.468 bits per heavy atom. The zero-order chi connectivity index (χ0) is 35.6. The molecule has 47 heavy (non-hydrogen) atoms. The van der Waals surface area contributed by atoms with Crippen molar-refractivity contribution in [1.29, 1.82) is 0 Å². The van der Waals surface area contributed by atoms with Crippen molar-refractivity contribution in [3.63, 3.8) is 0 Å². The maximum Gasteiger partial charge on any atom is 0.305 e. The molecule has 19 nitrogen and oxygen atoms in total. The highest BCUT2D eigenvalue weighted by molar-refractivity contribution is 5.74. The molecule has 2 rings (SSSR count). The van der Waals surface area contributed by atoms with Crippen LogP contribution in [0.15, 0.2) is 0 Å². The summed E-state index contributed by atoms with van der Waals surface area (Å²) in [5, 5.41) is 2.48. The van der Waals surface area contributed by atoms with E-state index in [1.54, 1.807) is 0 Å². The van der Waals surface area contributed by atoms with Gasteiger partial charge in [0.1, 0.15) is 37.6 Å². The standard InChI is InChI=1S/C28H39NO18/c1-11(30)29-21-24(41-15(5)34)22(19(9-38-12(2)31)45-27(21)44-18(8)37)47-28-26(43-17(7)36)25(42-16(6)35)23(40-14(4)33)20(46-28)10-39-13(3)32/h19-28H,9-10H2,1-8H3,(H,29,30)/t19-,20+,21-,22-,23-,24-,25+,26-,27?,28+/m1/s1. The van der Waals surface area contributed by atoms with Gasteiger partial charge in [0.25, 0.3) is 0 Å². The summed E-state index contributed by atoms with van der Waals surface area (Å²) < 4.78 is 55.2. The minimum Gasteiger partial charge on any atom is -0.463 e. The number of nitrogens with one attached hydrogen (secondary N) is 1. The third-order valence-electron chi connectivity index (χ3n) is 6.29. The molecule has 0 saturated carbocycles. The largest absolute Gasteiger partial charge is 0.463 e. The fourth-order valence-corrected chi connectivity index (χ4v) is 4.84. The van der Waals surface area contributed by atoms with E-state index in [1.807, 2.05) is 0 Å². The Morgan fingerprint density at radius 3 is 1.32 bits per heavy atom. The Labute approximate surface area is 269 Å². The summed E-state index contributed by atoms with van der Waals surface area (Å²) in [6, 6.07) is -1.43. The van der Waals surface area contributed by atoms with Crippen LogP contribution in [0.2, 0.25) is 0 Å². The summed E-state index contributed by atoms with van der Waals surface area (Å²) in [4.78, 5) is 96.5. The lowest BCUT2D eigenvalue weighted by molar-refractivity contribution is -0.348. The molecule has 0 aromatic heterocycles. The summed E-state index contributed by atoms with van der Waals surface area (Å²) in [6.07, 6.45) is -14.2. The number of hydrogen-bond acceptors (Lipinski definition) is 18. The fraction of sp³-hybridized carbons (Fsp3) is 0.714. The highest BCUT2D eigenvalue weighted by Gasteiger charge is 2.57. The third kappa shape index (κ3) is 12.1. The van der Waals surface area contributed by atoms with Gasteiger partial charge in [0.15, 0.2) is 30.7 Å². The first-order chi connectivity index (χ1) is 21.9. The topological polar surface area (TPSA) is 241 Å². The number of ether oxygens (including phenoxy) is 10. The molecule has 1 amide bonds. The Bertz CT molecular complexity index is 1200. The van der Waals surface area contributed by atoms with Gasteiger partial charge in [0, 0.05) is 55.4 Å². The molecule has 1 unspecified atom stereocenters. The van der Waals surface area contributed by atoms with Crippen LogP contribution in [0.25, 0.3) is 0 Å². The van der Waals surface area contributed by atoms with Gasteiger partial charge in [-0.25, -0.2) is 0 Å². The number of rotatable bonds is 12. The van der Waals surface area contributed by atoms with Crippen LogP contribution in [0.1, 0.15) is 55.4 Å². The van der Waals surface area contributed by atoms with Crippen LogP contribution in [-0.4, -0.2) is 122 Å². The lowest BCUT2D eigenvalue weighted by Crippen LogP contribution is -2.69. The van der Waals surface area contributed by atoms with E-state index >= 15 is 0 Å². The third-order valence-corrected chi connectivity index (χ3v) is 6.29. The first kappa shape index (κ1) is 38.8. The zero-order valence-electron chi connectivity index (χ0n) is 27.0. The van der Waals surface area contributed by atoms with Crippen molar-refractivity contribution in [2.75, 3.05) is 13.2 Å². The number of esters is 7. The molecule has 0 aromatic rings. The van der Waals surface area contributed by atoms with Gasteiger partial charge >= 0.3 is 41.8 Å². The number of carbonyl (C=O) groups is 8. The van der Waals surface area contributed by atoms with E-state index in [2.05, 4.69) is 5.32 Å². The van der Waals surface area contributed by atoms with E-state index < -0.39 is 122 Å². The number of hydrogen-bond donors (Lipinski definition) is 1. The highest BCUT2D eigenvalue weighted by atomic mass is 16.8. The van der Waals surface area contributed by atoms with E-state index in [-0.39, 0.29) is 0 Å². The normalized spacial score (nSPS) is 30.0. The van der Waals surface area contributed by atoms with Crippen molar-refractivity contribution in [1.82, 2.24) is 5.32 Å². The van der Waals surface area contributed by atoms with Gasteiger partial charge in [-0.1, -0.05) is 0 Å². The van der Waals surface area contributed by atoms with Crippen LogP contribution in [0.4, 0.5) is 0 Å². The predicted octanol–water partition coefficient (Wildman–Crippen LogP) is -1.26. The van der Waals surface area contributed by atoms with Gasteiger partial charge in [-0.15, -0.1) is 0 Å². The van der Waals surface area contributed by atoms with Crippen molar-refractivity contribution in [2.45, 2.75) is 117 Å². The molecule has 0 aliphatic carbocycles. The van der Waals surface area contributed by atoms with E-state index in [1.165, 1.54) is 0 Å². The van der Waals surface area contributed by atoms with Crippen LogP contribution >= 0.6 is 0 Å². The van der Waals surface area contributed by atoms with E-state index in [0.29, 0.717) is 0 Å². The summed E-state index contributed by atoms with van der Waals surface area (Å²) >= 11 is 0. The van der Waals surface area contributed by atoms with Gasteiger partial charge in [-0.05, 0) is 0 Å². The maximum absolute atomic E-state index is 12.3. The molecule has 19 heteroatoms. The molecule has 2 saturated heterocycles. The monoisotopic (exact) mass is 677 g/mol. The summed E-state index contributed by atoms with van der Waals surface area (Å²) in [5.41, 5.74) is 0. The van der Waals surface area contributed by atoms with Crippen molar-refractivity contribution < 1.29 is 85.7 Å². The molecule has 2 fully saturated rings. The number of amides is 1. The molecule has 1 N–H and O–H groups in total. The molecule has 264 valence electrons. The quantitative estimate of drug-likeness (QED) is 0.187. The molecular formula is C28H39NO18. The SMILES string of the molecule is CC(=O)N[C@H]1C(OC(C)=O)O[C@H](COC(C)=O)[C@@H](O[C@@H]2O[C@@H](COC(C)=O)[C@@H](OC(C)=O)[C@H](OC(C)=O)[C@H]2OC(C)=O)[C@@H]1OC(C)=O. The second kappa shape index (κ2) is 17.5. The Balaban J connectivity index is 2.73. The fourth-order valence-electron chi connectivity index (χ4n) is 4.84. The van der Waals surface area contributed by atoms with Crippen molar-refractivity contribution >= 4 is 47.7 Å². The van der Waals surface area contributed by atoms with E-state index in [4.69, 9.17) is 47.4 Å². The first-order valence-corrected chi connectivity index (χ1v) is 14.3. The molecule has 0 radical (unpaired) electrons. The maximum atomic E-state index is 12.3. The Kier molecular flexibility index (Phi) is 14.5. The summed E-state index contributed by atoms with van der Waals surface area (Å²) in [7, 11) is 0. The number of carbonyl (C=O) groups excluding carboxylic acids is 8. The zero-order valence-corrected chi connectivity index (χ0v) is 27.0. The second-order valence-corrected chi connectivity index (χ2v) is 10.4. The Hall–Kier alpha value is -4.36. The first-order valence-electron chi connectivity index (χ1n) is 14.3. The molecule has 0 bridgehead atoms. The summed E-state index contributed by atoms with van der Waals surface area (Å²) in [5.74, 6) is -6.64. The molecule has 2 heterocycles. The van der Waals surface area contributed by atoms with Crippen LogP contribution in [0.5, 0.6) is 0 Å².